The Hall–Kier alpha value is -1.40. The standard InChI is InChI=1S/C16H27N3O2S/c1-12(9-18-16(17)19-13(2)10-20-3)11-22-15-8-6-5-7-14(15)21-4/h5-8,12-13H,9-11H2,1-4H3,(H3,17,18,19). The third-order valence-electron chi connectivity index (χ3n) is 2.98. The zero-order valence-corrected chi connectivity index (χ0v) is 14.7. The Morgan fingerprint density at radius 1 is 1.32 bits per heavy atom. The van der Waals surface area contributed by atoms with Crippen molar-refractivity contribution in [2.24, 2.45) is 16.6 Å². The number of nitrogens with one attached hydrogen (secondary N) is 1. The predicted octanol–water partition coefficient (Wildman–Crippen LogP) is 2.36. The molecule has 1 aromatic carbocycles. The van der Waals surface area contributed by atoms with Crippen molar-refractivity contribution < 1.29 is 9.47 Å². The van der Waals surface area contributed by atoms with E-state index in [1.807, 2.05) is 25.1 Å². The van der Waals surface area contributed by atoms with E-state index in [2.05, 4.69) is 23.3 Å². The number of nitrogens with zero attached hydrogens (tertiary/aromatic N) is 1. The molecule has 0 saturated carbocycles. The predicted molar refractivity (Wildman–Crippen MR) is 93.8 cm³/mol. The van der Waals surface area contributed by atoms with Gasteiger partial charge in [0.25, 0.3) is 0 Å². The number of methoxy groups -OCH3 is 2. The van der Waals surface area contributed by atoms with Crippen molar-refractivity contribution in [2.45, 2.75) is 24.8 Å². The molecule has 0 bridgehead atoms. The maximum absolute atomic E-state index is 5.86. The van der Waals surface area contributed by atoms with Gasteiger partial charge in [0, 0.05) is 30.3 Å². The second-order valence-corrected chi connectivity index (χ2v) is 6.36. The van der Waals surface area contributed by atoms with Gasteiger partial charge in [0.05, 0.1) is 13.7 Å². The number of benzene rings is 1. The molecule has 1 rings (SSSR count). The average Bonchev–Trinajstić information content (AvgIpc) is 2.51. The third-order valence-corrected chi connectivity index (χ3v) is 4.36. The largest absolute Gasteiger partial charge is 0.496 e. The lowest BCUT2D eigenvalue weighted by molar-refractivity contribution is 0.179. The molecule has 3 N–H and O–H groups in total. The molecule has 2 unspecified atom stereocenters. The Balaban J connectivity index is 2.38. The van der Waals surface area contributed by atoms with Crippen molar-refractivity contribution in [2.75, 3.05) is 33.1 Å². The molecule has 0 fully saturated rings. The van der Waals surface area contributed by atoms with Gasteiger partial charge in [-0.2, -0.15) is 0 Å². The summed E-state index contributed by atoms with van der Waals surface area (Å²) in [7, 11) is 3.36. The van der Waals surface area contributed by atoms with E-state index in [0.29, 0.717) is 25.0 Å². The normalized spacial score (nSPS) is 14.5. The van der Waals surface area contributed by atoms with Crippen molar-refractivity contribution in [1.82, 2.24) is 5.32 Å². The fourth-order valence-electron chi connectivity index (χ4n) is 1.87. The minimum absolute atomic E-state index is 0.159. The molecule has 0 aromatic heterocycles. The van der Waals surface area contributed by atoms with Gasteiger partial charge < -0.3 is 20.5 Å². The molecule has 1 aromatic rings. The van der Waals surface area contributed by atoms with Crippen LogP contribution >= 0.6 is 11.8 Å². The molecule has 0 aliphatic carbocycles. The third kappa shape index (κ3) is 7.04. The highest BCUT2D eigenvalue weighted by Gasteiger charge is 2.07. The maximum Gasteiger partial charge on any atom is 0.188 e. The van der Waals surface area contributed by atoms with Crippen LogP contribution in [0.4, 0.5) is 0 Å². The molecule has 0 spiro atoms. The Bertz CT molecular complexity index is 468. The first-order chi connectivity index (χ1) is 10.6. The van der Waals surface area contributed by atoms with Crippen molar-refractivity contribution in [3.8, 4) is 5.75 Å². The number of hydrogen-bond acceptors (Lipinski definition) is 4. The zero-order chi connectivity index (χ0) is 16.4. The van der Waals surface area contributed by atoms with Crippen LogP contribution < -0.4 is 15.8 Å². The average molecular weight is 325 g/mol. The molecule has 0 aliphatic rings. The summed E-state index contributed by atoms with van der Waals surface area (Å²) >= 11 is 1.78. The van der Waals surface area contributed by atoms with E-state index in [1.54, 1.807) is 26.0 Å². The van der Waals surface area contributed by atoms with E-state index in [0.717, 1.165) is 16.4 Å². The molecular formula is C16H27N3O2S. The summed E-state index contributed by atoms with van der Waals surface area (Å²) in [6.07, 6.45) is 0. The fraction of sp³-hybridized carbons (Fsp3) is 0.562. The van der Waals surface area contributed by atoms with Gasteiger partial charge >= 0.3 is 0 Å². The second-order valence-electron chi connectivity index (χ2n) is 5.29. The van der Waals surface area contributed by atoms with Crippen LogP contribution in [0.1, 0.15) is 13.8 Å². The van der Waals surface area contributed by atoms with Crippen LogP contribution in [0.5, 0.6) is 5.75 Å². The van der Waals surface area contributed by atoms with Crippen LogP contribution in [-0.4, -0.2) is 45.1 Å². The van der Waals surface area contributed by atoms with Crippen LogP contribution in [0.25, 0.3) is 0 Å². The Morgan fingerprint density at radius 3 is 2.73 bits per heavy atom. The number of guanidine groups is 1. The molecule has 2 atom stereocenters. The highest BCUT2D eigenvalue weighted by atomic mass is 32.2. The van der Waals surface area contributed by atoms with Gasteiger partial charge in [0.15, 0.2) is 5.96 Å². The van der Waals surface area contributed by atoms with E-state index < -0.39 is 0 Å². The number of hydrogen-bond donors (Lipinski definition) is 2. The van der Waals surface area contributed by atoms with Gasteiger partial charge in [-0.15, -0.1) is 11.8 Å². The summed E-state index contributed by atoms with van der Waals surface area (Å²) in [5.41, 5.74) is 5.86. The minimum Gasteiger partial charge on any atom is -0.496 e. The smallest absolute Gasteiger partial charge is 0.188 e. The van der Waals surface area contributed by atoms with Crippen molar-refractivity contribution >= 4 is 17.7 Å². The molecular weight excluding hydrogens is 298 g/mol. The first kappa shape index (κ1) is 18.6. The highest BCUT2D eigenvalue weighted by molar-refractivity contribution is 7.99. The lowest BCUT2D eigenvalue weighted by Gasteiger charge is -2.14. The van der Waals surface area contributed by atoms with E-state index in [-0.39, 0.29) is 6.04 Å². The topological polar surface area (TPSA) is 68.9 Å². The Labute approximate surface area is 137 Å². The van der Waals surface area contributed by atoms with Crippen LogP contribution in [0.15, 0.2) is 34.2 Å². The van der Waals surface area contributed by atoms with E-state index in [1.165, 1.54) is 0 Å². The Kier molecular flexibility index (Phi) is 8.77. The Morgan fingerprint density at radius 2 is 2.05 bits per heavy atom. The molecule has 22 heavy (non-hydrogen) atoms. The molecule has 5 nitrogen and oxygen atoms in total. The number of nitrogens with two attached hydrogens (primary N) is 1. The maximum atomic E-state index is 5.86. The summed E-state index contributed by atoms with van der Waals surface area (Å²) in [6, 6.07) is 8.20. The zero-order valence-electron chi connectivity index (χ0n) is 13.8. The van der Waals surface area contributed by atoms with Crippen LogP contribution in [0.3, 0.4) is 0 Å². The highest BCUT2D eigenvalue weighted by Crippen LogP contribution is 2.29. The van der Waals surface area contributed by atoms with E-state index in [9.17, 15) is 0 Å². The van der Waals surface area contributed by atoms with E-state index >= 15 is 0 Å². The first-order valence-electron chi connectivity index (χ1n) is 7.38. The lowest BCUT2D eigenvalue weighted by Crippen LogP contribution is -2.41. The molecule has 0 heterocycles. The monoisotopic (exact) mass is 325 g/mol. The number of rotatable bonds is 9. The summed E-state index contributed by atoms with van der Waals surface area (Å²) in [5.74, 6) is 2.77. The summed E-state index contributed by atoms with van der Waals surface area (Å²) < 4.78 is 10.4. The molecule has 0 aliphatic heterocycles. The van der Waals surface area contributed by atoms with Gasteiger partial charge in [-0.05, 0) is 25.0 Å². The van der Waals surface area contributed by atoms with E-state index in [4.69, 9.17) is 15.2 Å². The second kappa shape index (κ2) is 10.3. The SMILES string of the molecule is COCC(C)NC(N)=NCC(C)CSc1ccccc1OC. The number of ether oxygens (including phenoxy) is 2. The minimum atomic E-state index is 0.159. The quantitative estimate of drug-likeness (QED) is 0.414. The van der Waals surface area contributed by atoms with Gasteiger partial charge in [-0.1, -0.05) is 19.1 Å². The van der Waals surface area contributed by atoms with Crippen molar-refractivity contribution in [1.29, 1.82) is 0 Å². The summed E-state index contributed by atoms with van der Waals surface area (Å²) in [6.45, 7) is 5.47. The van der Waals surface area contributed by atoms with Crippen molar-refractivity contribution in [3.63, 3.8) is 0 Å². The number of thioether (sulfide) groups is 1. The van der Waals surface area contributed by atoms with Gasteiger partial charge in [0.1, 0.15) is 5.75 Å². The van der Waals surface area contributed by atoms with Crippen LogP contribution in [0.2, 0.25) is 0 Å². The molecule has 0 amide bonds. The van der Waals surface area contributed by atoms with Gasteiger partial charge in [-0.25, -0.2) is 0 Å². The fourth-order valence-corrected chi connectivity index (χ4v) is 2.90. The molecule has 0 radical (unpaired) electrons. The number of para-hydroxylation sites is 1. The van der Waals surface area contributed by atoms with Crippen LogP contribution in [-0.2, 0) is 4.74 Å². The van der Waals surface area contributed by atoms with Crippen LogP contribution in [0, 0.1) is 5.92 Å². The van der Waals surface area contributed by atoms with Crippen molar-refractivity contribution in [3.05, 3.63) is 24.3 Å². The first-order valence-corrected chi connectivity index (χ1v) is 8.36. The molecule has 6 heteroatoms. The van der Waals surface area contributed by atoms with Gasteiger partial charge in [0.2, 0.25) is 0 Å². The number of aliphatic imine (C=N–C) groups is 1. The molecule has 124 valence electrons. The van der Waals surface area contributed by atoms with Gasteiger partial charge in [-0.3, -0.25) is 4.99 Å². The summed E-state index contributed by atoms with van der Waals surface area (Å²) in [5, 5.41) is 3.10. The molecule has 0 saturated heterocycles. The lowest BCUT2D eigenvalue weighted by atomic mass is 10.2. The summed E-state index contributed by atoms with van der Waals surface area (Å²) in [4.78, 5) is 5.54.